The molecule has 1 aliphatic heterocycles. The molecule has 0 aromatic rings. The van der Waals surface area contributed by atoms with Crippen molar-refractivity contribution in [3.8, 4) is 0 Å². The first-order valence-corrected chi connectivity index (χ1v) is 6.78. The lowest BCUT2D eigenvalue weighted by Crippen LogP contribution is -2.56. The first kappa shape index (κ1) is 13.3. The predicted molar refractivity (Wildman–Crippen MR) is 66.9 cm³/mol. The lowest BCUT2D eigenvalue weighted by atomic mass is 10.1. The number of nitrogens with one attached hydrogen (secondary N) is 1. The zero-order valence-electron chi connectivity index (χ0n) is 11.1. The molecule has 1 amide bonds. The summed E-state index contributed by atoms with van der Waals surface area (Å²) in [6.07, 6.45) is 2.48. The number of hydrogen-bond acceptors (Lipinski definition) is 4. The number of ether oxygens (including phenoxy) is 1. The lowest BCUT2D eigenvalue weighted by molar-refractivity contribution is -0.151. The minimum absolute atomic E-state index is 0.0499. The van der Waals surface area contributed by atoms with Crippen LogP contribution in [-0.2, 0) is 14.3 Å². The van der Waals surface area contributed by atoms with E-state index in [0.29, 0.717) is 5.92 Å². The van der Waals surface area contributed by atoms with Gasteiger partial charge in [-0.1, -0.05) is 0 Å². The SMILES string of the molecule is CC(C)OC(=O)CC1NCCN(CC2CC2)C1=O. The summed E-state index contributed by atoms with van der Waals surface area (Å²) in [5.41, 5.74) is 0. The molecule has 0 aromatic heterocycles. The van der Waals surface area contributed by atoms with Gasteiger partial charge in [0.05, 0.1) is 18.6 Å². The maximum atomic E-state index is 12.2. The number of hydrogen-bond donors (Lipinski definition) is 1. The second-order valence-electron chi connectivity index (χ2n) is 5.48. The number of carbonyl (C=O) groups excluding carboxylic acids is 2. The number of esters is 1. The van der Waals surface area contributed by atoms with Crippen molar-refractivity contribution in [1.82, 2.24) is 10.2 Å². The third-order valence-electron chi connectivity index (χ3n) is 3.30. The van der Waals surface area contributed by atoms with E-state index in [4.69, 9.17) is 4.74 Å². The van der Waals surface area contributed by atoms with Crippen molar-refractivity contribution in [3.05, 3.63) is 0 Å². The summed E-state index contributed by atoms with van der Waals surface area (Å²) >= 11 is 0. The van der Waals surface area contributed by atoms with Gasteiger partial charge in [0.2, 0.25) is 5.91 Å². The van der Waals surface area contributed by atoms with Gasteiger partial charge in [-0.25, -0.2) is 0 Å². The highest BCUT2D eigenvalue weighted by molar-refractivity contribution is 5.87. The molecular formula is C13H22N2O3. The molecule has 1 saturated carbocycles. The standard InChI is InChI=1S/C13H22N2O3/c1-9(2)18-12(16)7-11-13(17)15(6-5-14-11)8-10-3-4-10/h9-11,14H,3-8H2,1-2H3. The Kier molecular flexibility index (Phi) is 4.22. The Balaban J connectivity index is 1.83. The fourth-order valence-corrected chi connectivity index (χ4v) is 2.22. The second kappa shape index (κ2) is 5.69. The molecule has 1 N–H and O–H groups in total. The minimum atomic E-state index is -0.399. The average Bonchev–Trinajstić information content (AvgIpc) is 3.06. The van der Waals surface area contributed by atoms with Gasteiger partial charge in [0, 0.05) is 19.6 Å². The van der Waals surface area contributed by atoms with E-state index in [0.717, 1.165) is 19.6 Å². The fourth-order valence-electron chi connectivity index (χ4n) is 2.22. The Labute approximate surface area is 108 Å². The predicted octanol–water partition coefficient (Wildman–Crippen LogP) is 0.538. The molecule has 2 fully saturated rings. The van der Waals surface area contributed by atoms with Crippen molar-refractivity contribution < 1.29 is 14.3 Å². The molecular weight excluding hydrogens is 232 g/mol. The van der Waals surface area contributed by atoms with E-state index in [1.54, 1.807) is 0 Å². The molecule has 1 heterocycles. The van der Waals surface area contributed by atoms with E-state index in [-0.39, 0.29) is 24.4 Å². The molecule has 0 radical (unpaired) electrons. The van der Waals surface area contributed by atoms with Gasteiger partial charge in [-0.2, -0.15) is 0 Å². The fraction of sp³-hybridized carbons (Fsp3) is 0.846. The Hall–Kier alpha value is -1.10. The molecule has 0 aromatic carbocycles. The van der Waals surface area contributed by atoms with Gasteiger partial charge in [0.25, 0.3) is 0 Å². The molecule has 2 rings (SSSR count). The molecule has 1 aliphatic carbocycles. The monoisotopic (exact) mass is 254 g/mol. The van der Waals surface area contributed by atoms with E-state index in [1.165, 1.54) is 12.8 Å². The lowest BCUT2D eigenvalue weighted by Gasteiger charge is -2.33. The van der Waals surface area contributed by atoms with Crippen LogP contribution in [0.5, 0.6) is 0 Å². The number of amides is 1. The van der Waals surface area contributed by atoms with Gasteiger partial charge in [-0.3, -0.25) is 9.59 Å². The van der Waals surface area contributed by atoms with Crippen molar-refractivity contribution in [2.24, 2.45) is 5.92 Å². The van der Waals surface area contributed by atoms with Crippen LogP contribution in [0, 0.1) is 5.92 Å². The zero-order chi connectivity index (χ0) is 13.1. The molecule has 102 valence electrons. The molecule has 18 heavy (non-hydrogen) atoms. The highest BCUT2D eigenvalue weighted by atomic mass is 16.5. The molecule has 1 saturated heterocycles. The Bertz CT molecular complexity index is 326. The van der Waals surface area contributed by atoms with Gasteiger partial charge < -0.3 is 15.0 Å². The summed E-state index contributed by atoms with van der Waals surface area (Å²) in [4.78, 5) is 25.6. The topological polar surface area (TPSA) is 58.6 Å². The quantitative estimate of drug-likeness (QED) is 0.727. The van der Waals surface area contributed by atoms with E-state index < -0.39 is 6.04 Å². The summed E-state index contributed by atoms with van der Waals surface area (Å²) in [5.74, 6) is 0.438. The first-order chi connectivity index (χ1) is 8.56. The Morgan fingerprint density at radius 2 is 2.22 bits per heavy atom. The number of carbonyl (C=O) groups is 2. The van der Waals surface area contributed by atoms with Crippen LogP contribution in [0.2, 0.25) is 0 Å². The van der Waals surface area contributed by atoms with Crippen molar-refractivity contribution in [1.29, 1.82) is 0 Å². The van der Waals surface area contributed by atoms with Crippen molar-refractivity contribution in [2.45, 2.75) is 45.3 Å². The highest BCUT2D eigenvalue weighted by Gasteiger charge is 2.34. The van der Waals surface area contributed by atoms with Crippen molar-refractivity contribution >= 4 is 11.9 Å². The van der Waals surface area contributed by atoms with Crippen molar-refractivity contribution in [2.75, 3.05) is 19.6 Å². The maximum absolute atomic E-state index is 12.2. The number of nitrogens with zero attached hydrogens (tertiary/aromatic N) is 1. The van der Waals surface area contributed by atoms with Crippen LogP contribution in [0.1, 0.15) is 33.1 Å². The van der Waals surface area contributed by atoms with Crippen LogP contribution in [0.3, 0.4) is 0 Å². The van der Waals surface area contributed by atoms with Crippen LogP contribution >= 0.6 is 0 Å². The smallest absolute Gasteiger partial charge is 0.308 e. The third-order valence-corrected chi connectivity index (χ3v) is 3.30. The molecule has 2 aliphatic rings. The van der Waals surface area contributed by atoms with Crippen LogP contribution in [0.4, 0.5) is 0 Å². The Morgan fingerprint density at radius 1 is 1.50 bits per heavy atom. The normalized spacial score (nSPS) is 24.5. The minimum Gasteiger partial charge on any atom is -0.463 e. The summed E-state index contributed by atoms with van der Waals surface area (Å²) in [5, 5.41) is 3.10. The summed E-state index contributed by atoms with van der Waals surface area (Å²) < 4.78 is 5.08. The van der Waals surface area contributed by atoms with Gasteiger partial charge in [-0.15, -0.1) is 0 Å². The summed E-state index contributed by atoms with van der Waals surface area (Å²) in [6, 6.07) is -0.399. The zero-order valence-corrected chi connectivity index (χ0v) is 11.1. The van der Waals surface area contributed by atoms with Crippen LogP contribution in [-0.4, -0.2) is 48.6 Å². The molecule has 0 bridgehead atoms. The maximum Gasteiger partial charge on any atom is 0.308 e. The van der Waals surface area contributed by atoms with E-state index in [9.17, 15) is 9.59 Å². The second-order valence-corrected chi connectivity index (χ2v) is 5.48. The number of rotatable bonds is 5. The Morgan fingerprint density at radius 3 is 2.83 bits per heavy atom. The van der Waals surface area contributed by atoms with Gasteiger partial charge in [-0.05, 0) is 32.6 Å². The summed E-state index contributed by atoms with van der Waals surface area (Å²) in [6.45, 7) is 6.00. The molecule has 1 atom stereocenters. The van der Waals surface area contributed by atoms with Gasteiger partial charge >= 0.3 is 5.97 Å². The highest BCUT2D eigenvalue weighted by Crippen LogP contribution is 2.30. The van der Waals surface area contributed by atoms with Crippen LogP contribution in [0.25, 0.3) is 0 Å². The van der Waals surface area contributed by atoms with Crippen LogP contribution in [0.15, 0.2) is 0 Å². The van der Waals surface area contributed by atoms with E-state index >= 15 is 0 Å². The van der Waals surface area contributed by atoms with Gasteiger partial charge in [0.15, 0.2) is 0 Å². The van der Waals surface area contributed by atoms with Crippen LogP contribution < -0.4 is 5.32 Å². The van der Waals surface area contributed by atoms with Gasteiger partial charge in [0.1, 0.15) is 0 Å². The average molecular weight is 254 g/mol. The first-order valence-electron chi connectivity index (χ1n) is 6.78. The number of piperazine rings is 1. The molecule has 0 spiro atoms. The molecule has 5 heteroatoms. The largest absolute Gasteiger partial charge is 0.463 e. The summed E-state index contributed by atoms with van der Waals surface area (Å²) in [7, 11) is 0. The third kappa shape index (κ3) is 3.70. The molecule has 1 unspecified atom stereocenters. The van der Waals surface area contributed by atoms with E-state index in [2.05, 4.69) is 5.32 Å². The van der Waals surface area contributed by atoms with E-state index in [1.807, 2.05) is 18.7 Å². The molecule has 5 nitrogen and oxygen atoms in total. The van der Waals surface area contributed by atoms with Crippen molar-refractivity contribution in [3.63, 3.8) is 0 Å².